The average Bonchev–Trinajstić information content (AvgIpc) is 2.75. The van der Waals surface area contributed by atoms with Crippen molar-refractivity contribution in [3.05, 3.63) is 104 Å². The highest BCUT2D eigenvalue weighted by Crippen LogP contribution is 2.16. The first-order valence-electron chi connectivity index (χ1n) is 8.68. The highest BCUT2D eigenvalue weighted by molar-refractivity contribution is 5.86. The molecule has 0 saturated heterocycles. The molecule has 0 aromatic heterocycles. The van der Waals surface area contributed by atoms with Crippen LogP contribution in [-0.2, 0) is 0 Å². The molecule has 0 heterocycles. The first kappa shape index (κ1) is 20.1. The third kappa shape index (κ3) is 5.70. The summed E-state index contributed by atoms with van der Waals surface area (Å²) in [5.74, 6) is 0. The van der Waals surface area contributed by atoms with Crippen molar-refractivity contribution in [3.8, 4) is 0 Å². The van der Waals surface area contributed by atoms with E-state index in [1.165, 1.54) is 24.3 Å². The Morgan fingerprint density at radius 2 is 1.07 bits per heavy atom. The number of anilines is 2. The summed E-state index contributed by atoms with van der Waals surface area (Å²) in [5.41, 5.74) is 8.54. The van der Waals surface area contributed by atoms with Crippen molar-refractivity contribution in [1.82, 2.24) is 0 Å². The smallest absolute Gasteiger partial charge is 0.269 e. The molecule has 30 heavy (non-hydrogen) atoms. The lowest BCUT2D eigenvalue weighted by Crippen LogP contribution is -1.94. The van der Waals surface area contributed by atoms with Crippen molar-refractivity contribution in [3.63, 3.8) is 0 Å². The van der Waals surface area contributed by atoms with Gasteiger partial charge in [-0.2, -0.15) is 10.2 Å². The minimum Gasteiger partial charge on any atom is -0.278 e. The quantitative estimate of drug-likeness (QED) is 0.325. The Labute approximate surface area is 170 Å². The minimum absolute atomic E-state index is 0.0128. The van der Waals surface area contributed by atoms with Crippen LogP contribution >= 0.6 is 0 Å². The average molecular weight is 404 g/mol. The highest BCUT2D eigenvalue weighted by Gasteiger charge is 2.03. The summed E-state index contributed by atoms with van der Waals surface area (Å²) in [6, 6.07) is 19.3. The van der Waals surface area contributed by atoms with E-state index in [-0.39, 0.29) is 11.4 Å². The summed E-state index contributed by atoms with van der Waals surface area (Å²) in [7, 11) is 0. The second-order valence-corrected chi connectivity index (χ2v) is 6.02. The molecule has 0 aliphatic rings. The Morgan fingerprint density at radius 1 is 0.667 bits per heavy atom. The predicted octanol–water partition coefficient (Wildman–Crippen LogP) is 4.40. The molecule has 0 atom stereocenters. The second kappa shape index (κ2) is 9.55. The molecule has 10 heteroatoms. The molecule has 0 radical (unpaired) electrons. The summed E-state index contributed by atoms with van der Waals surface area (Å²) >= 11 is 0. The first-order valence-corrected chi connectivity index (χ1v) is 8.68. The number of nitrogens with one attached hydrogen (secondary N) is 2. The number of nitro groups is 2. The molecule has 0 aliphatic carbocycles. The molecule has 0 spiro atoms. The van der Waals surface area contributed by atoms with Gasteiger partial charge >= 0.3 is 0 Å². The highest BCUT2D eigenvalue weighted by atomic mass is 16.6. The van der Waals surface area contributed by atoms with Crippen molar-refractivity contribution in [1.29, 1.82) is 0 Å². The molecule has 3 aromatic carbocycles. The van der Waals surface area contributed by atoms with Gasteiger partial charge in [0.05, 0.1) is 33.7 Å². The Morgan fingerprint density at radius 3 is 1.43 bits per heavy atom. The van der Waals surface area contributed by atoms with Crippen molar-refractivity contribution in [2.24, 2.45) is 10.2 Å². The molecule has 0 fully saturated rings. The summed E-state index contributed by atoms with van der Waals surface area (Å²) in [6.45, 7) is 0. The SMILES string of the molecule is O=[N+]([O-])c1ccc(N/N=C\c2cccc(/C=N\Nc3ccc([N+](=O)[O-])cc3)c2)cc1. The third-order valence-corrected chi connectivity index (χ3v) is 3.88. The van der Waals surface area contributed by atoms with E-state index in [0.29, 0.717) is 11.4 Å². The van der Waals surface area contributed by atoms with Crippen LogP contribution in [0.2, 0.25) is 0 Å². The van der Waals surface area contributed by atoms with Crippen LogP contribution in [0.4, 0.5) is 22.7 Å². The van der Waals surface area contributed by atoms with Crippen LogP contribution in [-0.4, -0.2) is 22.3 Å². The Kier molecular flexibility index (Phi) is 6.41. The predicted molar refractivity (Wildman–Crippen MR) is 115 cm³/mol. The zero-order chi connectivity index (χ0) is 21.3. The largest absolute Gasteiger partial charge is 0.278 e. The molecule has 10 nitrogen and oxygen atoms in total. The molecule has 0 aliphatic heterocycles. The molecule has 150 valence electrons. The molecule has 0 amide bonds. The van der Waals surface area contributed by atoms with Gasteiger partial charge in [0.1, 0.15) is 0 Å². The van der Waals surface area contributed by atoms with Crippen molar-refractivity contribution in [2.75, 3.05) is 10.9 Å². The standard InChI is InChI=1S/C20H16N6O4/c27-25(28)19-8-4-17(5-9-19)23-21-13-15-2-1-3-16(12-15)14-22-24-18-6-10-20(11-7-18)26(29)30/h1-14,23-24H/b21-13-,22-14-. The molecule has 0 saturated carbocycles. The van der Waals surface area contributed by atoms with Crippen LogP contribution in [0.25, 0.3) is 0 Å². The maximum absolute atomic E-state index is 10.7. The Hall–Kier alpha value is -4.60. The number of hydrazone groups is 2. The summed E-state index contributed by atoms with van der Waals surface area (Å²) < 4.78 is 0. The van der Waals surface area contributed by atoms with Crippen molar-refractivity contribution < 1.29 is 9.85 Å². The fourth-order valence-corrected chi connectivity index (χ4v) is 2.40. The fourth-order valence-electron chi connectivity index (χ4n) is 2.40. The van der Waals surface area contributed by atoms with Gasteiger partial charge in [-0.25, -0.2) is 0 Å². The number of hydrogen-bond donors (Lipinski definition) is 2. The second-order valence-electron chi connectivity index (χ2n) is 6.02. The number of non-ortho nitro benzene ring substituents is 2. The van der Waals surface area contributed by atoms with Crippen LogP contribution in [0.15, 0.2) is 83.0 Å². The van der Waals surface area contributed by atoms with Crippen LogP contribution < -0.4 is 10.9 Å². The lowest BCUT2D eigenvalue weighted by atomic mass is 10.1. The van der Waals surface area contributed by atoms with Crippen molar-refractivity contribution >= 4 is 35.2 Å². The van der Waals surface area contributed by atoms with E-state index in [4.69, 9.17) is 0 Å². The van der Waals surface area contributed by atoms with Crippen LogP contribution in [0.3, 0.4) is 0 Å². The van der Waals surface area contributed by atoms with Crippen LogP contribution in [0, 0.1) is 20.2 Å². The van der Waals surface area contributed by atoms with E-state index in [1.807, 2.05) is 24.3 Å². The van der Waals surface area contributed by atoms with Gasteiger partial charge in [-0.05, 0) is 41.5 Å². The summed E-state index contributed by atoms with van der Waals surface area (Å²) in [6.07, 6.45) is 3.23. The summed E-state index contributed by atoms with van der Waals surface area (Å²) in [5, 5.41) is 29.5. The van der Waals surface area contributed by atoms with Crippen LogP contribution in [0.5, 0.6) is 0 Å². The van der Waals surface area contributed by atoms with Gasteiger partial charge in [0.25, 0.3) is 11.4 Å². The zero-order valence-corrected chi connectivity index (χ0v) is 15.5. The lowest BCUT2D eigenvalue weighted by molar-refractivity contribution is -0.385. The van der Waals surface area contributed by atoms with Gasteiger partial charge < -0.3 is 0 Å². The Bertz CT molecular complexity index is 1010. The molecule has 3 rings (SSSR count). The topological polar surface area (TPSA) is 135 Å². The fraction of sp³-hybridized carbons (Fsp3) is 0. The minimum atomic E-state index is -0.462. The van der Waals surface area contributed by atoms with Gasteiger partial charge in [0.15, 0.2) is 0 Å². The molecule has 0 bridgehead atoms. The maximum Gasteiger partial charge on any atom is 0.269 e. The van der Waals surface area contributed by atoms with E-state index < -0.39 is 9.85 Å². The number of nitro benzene ring substituents is 2. The normalized spacial score (nSPS) is 10.9. The molecule has 3 aromatic rings. The summed E-state index contributed by atoms with van der Waals surface area (Å²) in [4.78, 5) is 20.4. The van der Waals surface area contributed by atoms with Gasteiger partial charge in [-0.1, -0.05) is 18.2 Å². The lowest BCUT2D eigenvalue weighted by Gasteiger charge is -2.01. The maximum atomic E-state index is 10.7. The monoisotopic (exact) mass is 404 g/mol. The third-order valence-electron chi connectivity index (χ3n) is 3.88. The number of nitrogens with zero attached hydrogens (tertiary/aromatic N) is 4. The number of rotatable bonds is 8. The molecular weight excluding hydrogens is 388 g/mol. The van der Waals surface area contributed by atoms with E-state index in [1.54, 1.807) is 36.7 Å². The van der Waals surface area contributed by atoms with E-state index in [0.717, 1.165) is 11.1 Å². The Balaban J connectivity index is 1.57. The van der Waals surface area contributed by atoms with E-state index >= 15 is 0 Å². The van der Waals surface area contributed by atoms with E-state index in [2.05, 4.69) is 21.1 Å². The first-order chi connectivity index (χ1) is 14.5. The molecule has 2 N–H and O–H groups in total. The molecule has 0 unspecified atom stereocenters. The zero-order valence-electron chi connectivity index (χ0n) is 15.5. The van der Waals surface area contributed by atoms with E-state index in [9.17, 15) is 20.2 Å². The van der Waals surface area contributed by atoms with Crippen LogP contribution in [0.1, 0.15) is 11.1 Å². The van der Waals surface area contributed by atoms with Crippen molar-refractivity contribution in [2.45, 2.75) is 0 Å². The van der Waals surface area contributed by atoms with Gasteiger partial charge in [0, 0.05) is 24.3 Å². The molecular formula is C20H16N6O4. The van der Waals surface area contributed by atoms with Gasteiger partial charge in [-0.15, -0.1) is 0 Å². The number of benzene rings is 3. The number of hydrogen-bond acceptors (Lipinski definition) is 8. The van der Waals surface area contributed by atoms with Gasteiger partial charge in [0.2, 0.25) is 0 Å². The van der Waals surface area contributed by atoms with Gasteiger partial charge in [-0.3, -0.25) is 31.1 Å².